The number of hydrogen-bond donors (Lipinski definition) is 2. The molecular formula is C10H15BrN2O3S2. The number of anilines is 1. The lowest BCUT2D eigenvalue weighted by atomic mass is 10.3. The number of nitrogens with two attached hydrogens (primary N) is 1. The van der Waals surface area contributed by atoms with Gasteiger partial charge in [0.05, 0.1) is 4.90 Å². The van der Waals surface area contributed by atoms with Gasteiger partial charge < -0.3 is 5.73 Å². The molecule has 0 amide bonds. The average molecular weight is 355 g/mol. The quantitative estimate of drug-likeness (QED) is 0.774. The molecule has 0 radical (unpaired) electrons. The van der Waals surface area contributed by atoms with E-state index in [4.69, 9.17) is 5.73 Å². The van der Waals surface area contributed by atoms with Crippen LogP contribution in [-0.4, -0.2) is 30.7 Å². The molecule has 0 heterocycles. The lowest BCUT2D eigenvalue weighted by Gasteiger charge is -2.12. The Morgan fingerprint density at radius 3 is 2.67 bits per heavy atom. The fourth-order valence-electron chi connectivity index (χ4n) is 1.15. The molecule has 0 saturated carbocycles. The molecular weight excluding hydrogens is 340 g/mol. The normalized spacial score (nSPS) is 15.3. The van der Waals surface area contributed by atoms with Crippen molar-refractivity contribution in [1.82, 2.24) is 4.72 Å². The third-order valence-electron chi connectivity index (χ3n) is 2.37. The number of sulfonamides is 1. The van der Waals surface area contributed by atoms with Crippen LogP contribution in [0, 0.1) is 0 Å². The largest absolute Gasteiger partial charge is 0.399 e. The molecule has 0 spiro atoms. The minimum Gasteiger partial charge on any atom is -0.399 e. The van der Waals surface area contributed by atoms with Gasteiger partial charge in [0.25, 0.3) is 0 Å². The van der Waals surface area contributed by atoms with Gasteiger partial charge in [0.2, 0.25) is 10.0 Å². The maximum atomic E-state index is 12.0. The Kier molecular flexibility index (Phi) is 5.32. The summed E-state index contributed by atoms with van der Waals surface area (Å²) in [6, 6.07) is 4.55. The van der Waals surface area contributed by atoms with E-state index in [1.54, 1.807) is 19.1 Å². The molecule has 0 aliphatic carbocycles. The molecule has 102 valence electrons. The van der Waals surface area contributed by atoms with E-state index < -0.39 is 20.8 Å². The van der Waals surface area contributed by atoms with Crippen molar-refractivity contribution in [1.29, 1.82) is 0 Å². The molecule has 0 bridgehead atoms. The van der Waals surface area contributed by atoms with Gasteiger partial charge in [-0.25, -0.2) is 13.1 Å². The molecule has 3 N–H and O–H groups in total. The van der Waals surface area contributed by atoms with Crippen LogP contribution < -0.4 is 10.5 Å². The van der Waals surface area contributed by atoms with Crippen LogP contribution in [0.3, 0.4) is 0 Å². The van der Waals surface area contributed by atoms with E-state index in [-0.39, 0.29) is 16.7 Å². The topological polar surface area (TPSA) is 89.3 Å². The first-order chi connectivity index (χ1) is 8.24. The van der Waals surface area contributed by atoms with Crippen molar-refractivity contribution in [3.8, 4) is 0 Å². The molecule has 0 fully saturated rings. The van der Waals surface area contributed by atoms with Gasteiger partial charge in [0, 0.05) is 39.0 Å². The first kappa shape index (κ1) is 15.6. The summed E-state index contributed by atoms with van der Waals surface area (Å²) >= 11 is 3.17. The number of halogens is 1. The van der Waals surface area contributed by atoms with E-state index in [0.717, 1.165) is 0 Å². The van der Waals surface area contributed by atoms with Crippen LogP contribution in [0.4, 0.5) is 5.69 Å². The van der Waals surface area contributed by atoms with Gasteiger partial charge in [-0.05, 0) is 41.1 Å². The van der Waals surface area contributed by atoms with Crippen molar-refractivity contribution >= 4 is 42.4 Å². The van der Waals surface area contributed by atoms with Crippen molar-refractivity contribution in [2.45, 2.75) is 17.1 Å². The van der Waals surface area contributed by atoms with Gasteiger partial charge in [-0.15, -0.1) is 0 Å². The molecule has 1 rings (SSSR count). The first-order valence-electron chi connectivity index (χ1n) is 5.11. The van der Waals surface area contributed by atoms with Crippen LogP contribution in [0.1, 0.15) is 6.92 Å². The summed E-state index contributed by atoms with van der Waals surface area (Å²) < 4.78 is 38.1. The Labute approximate surface area is 118 Å². The molecule has 18 heavy (non-hydrogen) atoms. The number of rotatable bonds is 5. The first-order valence-corrected chi connectivity index (χ1v) is 9.00. The minimum atomic E-state index is -3.65. The maximum absolute atomic E-state index is 12.0. The van der Waals surface area contributed by atoms with E-state index in [1.165, 1.54) is 12.3 Å². The second-order valence-electron chi connectivity index (χ2n) is 3.85. The predicted octanol–water partition coefficient (Wildman–Crippen LogP) is 1.08. The Balaban J connectivity index is 2.93. The molecule has 2 unspecified atom stereocenters. The monoisotopic (exact) mass is 354 g/mol. The van der Waals surface area contributed by atoms with Gasteiger partial charge in [-0.2, -0.15) is 0 Å². The lowest BCUT2D eigenvalue weighted by molar-refractivity contribution is 0.580. The highest BCUT2D eigenvalue weighted by Crippen LogP contribution is 2.23. The zero-order chi connectivity index (χ0) is 13.9. The number of hydrogen-bond acceptors (Lipinski definition) is 4. The molecule has 1 aromatic carbocycles. The third kappa shape index (κ3) is 4.04. The van der Waals surface area contributed by atoms with Crippen molar-refractivity contribution in [2.24, 2.45) is 0 Å². The highest BCUT2D eigenvalue weighted by molar-refractivity contribution is 9.10. The molecule has 0 aliphatic rings. The summed E-state index contributed by atoms with van der Waals surface area (Å²) in [5.74, 6) is 0. The standard InChI is InChI=1S/C10H15BrN2O3S2/c1-7(17(2)14)6-13-18(15,16)10-5-8(12)3-4-9(10)11/h3-5,7,13H,6,12H2,1-2H3. The Bertz CT molecular complexity index is 560. The molecule has 0 aromatic heterocycles. The van der Waals surface area contributed by atoms with Crippen molar-refractivity contribution < 1.29 is 12.6 Å². The molecule has 8 heteroatoms. The highest BCUT2D eigenvalue weighted by atomic mass is 79.9. The van der Waals surface area contributed by atoms with E-state index in [1.807, 2.05) is 0 Å². The second kappa shape index (κ2) is 6.14. The van der Waals surface area contributed by atoms with Gasteiger partial charge in [-0.1, -0.05) is 0 Å². The summed E-state index contributed by atoms with van der Waals surface area (Å²) in [4.78, 5) is 0.0802. The third-order valence-corrected chi connectivity index (χ3v) is 6.09. The van der Waals surface area contributed by atoms with Crippen molar-refractivity contribution in [3.63, 3.8) is 0 Å². The highest BCUT2D eigenvalue weighted by Gasteiger charge is 2.19. The molecule has 1 aromatic rings. The Morgan fingerprint density at radius 2 is 2.11 bits per heavy atom. The lowest BCUT2D eigenvalue weighted by Crippen LogP contribution is -2.32. The average Bonchev–Trinajstić information content (AvgIpc) is 2.29. The SMILES string of the molecule is CC(CNS(=O)(=O)c1cc(N)ccc1Br)S(C)=O. The maximum Gasteiger partial charge on any atom is 0.241 e. The Morgan fingerprint density at radius 1 is 1.50 bits per heavy atom. The smallest absolute Gasteiger partial charge is 0.241 e. The zero-order valence-corrected chi connectivity index (χ0v) is 13.2. The van der Waals surface area contributed by atoms with E-state index in [2.05, 4.69) is 20.7 Å². The number of nitrogen functional groups attached to an aromatic ring is 1. The summed E-state index contributed by atoms with van der Waals surface area (Å²) in [7, 11) is -4.73. The van der Waals surface area contributed by atoms with Crippen LogP contribution >= 0.6 is 15.9 Å². The van der Waals surface area contributed by atoms with E-state index in [9.17, 15) is 12.6 Å². The molecule has 2 atom stereocenters. The zero-order valence-electron chi connectivity index (χ0n) is 10.0. The van der Waals surface area contributed by atoms with E-state index in [0.29, 0.717) is 10.2 Å². The number of benzene rings is 1. The fourth-order valence-corrected chi connectivity index (χ4v) is 3.70. The molecule has 0 saturated heterocycles. The van der Waals surface area contributed by atoms with Crippen LogP contribution in [0.25, 0.3) is 0 Å². The fraction of sp³-hybridized carbons (Fsp3) is 0.400. The number of nitrogens with one attached hydrogen (secondary N) is 1. The van der Waals surface area contributed by atoms with Crippen molar-refractivity contribution in [3.05, 3.63) is 22.7 Å². The summed E-state index contributed by atoms with van der Waals surface area (Å²) in [6.45, 7) is 1.83. The predicted molar refractivity (Wildman–Crippen MR) is 77.3 cm³/mol. The van der Waals surface area contributed by atoms with Crippen LogP contribution in [0.2, 0.25) is 0 Å². The van der Waals surface area contributed by atoms with Crippen LogP contribution in [0.15, 0.2) is 27.6 Å². The summed E-state index contributed by atoms with van der Waals surface area (Å²) in [6.07, 6.45) is 1.54. The molecule has 0 aliphatic heterocycles. The van der Waals surface area contributed by atoms with Gasteiger partial charge in [-0.3, -0.25) is 4.21 Å². The summed E-state index contributed by atoms with van der Waals surface area (Å²) in [5, 5.41) is -0.250. The molecule has 5 nitrogen and oxygen atoms in total. The van der Waals surface area contributed by atoms with Gasteiger partial charge in [0.1, 0.15) is 0 Å². The van der Waals surface area contributed by atoms with E-state index >= 15 is 0 Å². The van der Waals surface area contributed by atoms with Crippen LogP contribution in [0.5, 0.6) is 0 Å². The van der Waals surface area contributed by atoms with Gasteiger partial charge >= 0.3 is 0 Å². The van der Waals surface area contributed by atoms with Crippen LogP contribution in [-0.2, 0) is 20.8 Å². The van der Waals surface area contributed by atoms with Crippen molar-refractivity contribution in [2.75, 3.05) is 18.5 Å². The Hall–Kier alpha value is -0.440. The van der Waals surface area contributed by atoms with Gasteiger partial charge in [0.15, 0.2) is 0 Å². The second-order valence-corrected chi connectivity index (χ2v) is 8.24. The summed E-state index contributed by atoms with van der Waals surface area (Å²) in [5.41, 5.74) is 5.93. The minimum absolute atomic E-state index is 0.0802.